The number of aryl methyl sites for hydroxylation is 1. The molecule has 0 spiro atoms. The van der Waals surface area contributed by atoms with Crippen molar-refractivity contribution in [1.82, 2.24) is 24.5 Å². The predicted molar refractivity (Wildman–Crippen MR) is 132 cm³/mol. The van der Waals surface area contributed by atoms with E-state index in [0.717, 1.165) is 53.3 Å². The Morgan fingerprint density at radius 3 is 2.50 bits per heavy atom. The molecule has 1 atom stereocenters. The highest BCUT2D eigenvalue weighted by Crippen LogP contribution is 2.27. The van der Waals surface area contributed by atoms with E-state index in [1.165, 1.54) is 6.92 Å². The average Bonchev–Trinajstić information content (AvgIpc) is 3.18. The van der Waals surface area contributed by atoms with Gasteiger partial charge < -0.3 is 10.6 Å². The average molecular weight is 478 g/mol. The van der Waals surface area contributed by atoms with E-state index in [0.29, 0.717) is 6.54 Å². The molecular weight excluding hydrogens is 443 g/mol. The number of aliphatic imine (C=N–C) groups is 1. The minimum Gasteiger partial charge on any atom is -0.367 e. The normalized spacial score (nSPS) is 15.9. The Bertz CT molecular complexity index is 1070. The molecule has 1 saturated heterocycles. The van der Waals surface area contributed by atoms with Gasteiger partial charge in [-0.05, 0) is 65.4 Å². The smallest absolute Gasteiger partial charge is 0.238 e. The number of alkyl halides is 3. The maximum atomic E-state index is 12.4. The first-order valence-corrected chi connectivity index (χ1v) is 11.3. The molecule has 1 fully saturated rings. The number of nitrogen functional groups attached to an aromatic ring is 1. The van der Waals surface area contributed by atoms with Gasteiger partial charge >= 0.3 is 0 Å². The second kappa shape index (κ2) is 13.0. The molecule has 0 aliphatic carbocycles. The Hall–Kier alpha value is -3.01. The summed E-state index contributed by atoms with van der Waals surface area (Å²) in [5.41, 5.74) is 11.1. The van der Waals surface area contributed by atoms with Crippen molar-refractivity contribution in [2.45, 2.75) is 59.6 Å². The summed E-state index contributed by atoms with van der Waals surface area (Å²) in [5.74, 6) is 0.247. The van der Waals surface area contributed by atoms with Crippen LogP contribution in [0.25, 0.3) is 16.8 Å². The predicted octanol–water partition coefficient (Wildman–Crippen LogP) is 5.51. The number of fused-ring (bicyclic) bond motifs is 1. The molecule has 186 valence electrons. The lowest BCUT2D eigenvalue weighted by molar-refractivity contribution is 0.144. The molecule has 1 aliphatic heterocycles. The number of rotatable bonds is 3. The molecule has 4 rings (SSSR count). The summed E-state index contributed by atoms with van der Waals surface area (Å²) >= 11 is 0. The molecule has 4 heterocycles. The van der Waals surface area contributed by atoms with Crippen LogP contribution in [-0.4, -0.2) is 62.9 Å². The molecule has 2 N–H and O–H groups in total. The van der Waals surface area contributed by atoms with Crippen molar-refractivity contribution in [2.24, 2.45) is 4.99 Å². The minimum absolute atomic E-state index is 0.0278. The fourth-order valence-corrected chi connectivity index (χ4v) is 3.30. The van der Waals surface area contributed by atoms with E-state index in [2.05, 4.69) is 20.1 Å². The number of nitrogens with two attached hydrogens (primary N) is 1. The minimum atomic E-state index is -2.12. The number of pyridine rings is 1. The Morgan fingerprint density at radius 2 is 1.97 bits per heavy atom. The van der Waals surface area contributed by atoms with Gasteiger partial charge in [0.1, 0.15) is 6.17 Å². The molecule has 0 bridgehead atoms. The molecule has 1 unspecified atom stereocenters. The van der Waals surface area contributed by atoms with Crippen LogP contribution in [-0.2, 0) is 0 Å². The third kappa shape index (κ3) is 8.40. The van der Waals surface area contributed by atoms with Gasteiger partial charge in [0.2, 0.25) is 12.4 Å². The van der Waals surface area contributed by atoms with Crippen molar-refractivity contribution in [1.29, 1.82) is 0 Å². The topological polar surface area (TPSA) is 84.7 Å². The summed E-state index contributed by atoms with van der Waals surface area (Å²) in [7, 11) is 1.96. The third-order valence-electron chi connectivity index (χ3n) is 4.99. The van der Waals surface area contributed by atoms with E-state index in [1.54, 1.807) is 10.7 Å². The second-order valence-electron chi connectivity index (χ2n) is 8.34. The molecule has 0 saturated carbocycles. The van der Waals surface area contributed by atoms with Crippen LogP contribution in [0.2, 0.25) is 0 Å². The number of piperidine rings is 1. The van der Waals surface area contributed by atoms with Crippen molar-refractivity contribution in [2.75, 3.05) is 25.9 Å². The van der Waals surface area contributed by atoms with Gasteiger partial charge in [-0.2, -0.15) is 0 Å². The number of likely N-dealkylation sites (tertiary alicyclic amines) is 1. The van der Waals surface area contributed by atoms with Crippen molar-refractivity contribution < 1.29 is 13.2 Å². The Labute approximate surface area is 198 Å². The first kappa shape index (κ1) is 27.2. The number of halogens is 3. The monoisotopic (exact) mass is 477 g/mol. The molecule has 34 heavy (non-hydrogen) atoms. The molecule has 0 aromatic carbocycles. The number of hydrogen-bond donors (Lipinski definition) is 1. The Morgan fingerprint density at radius 1 is 1.26 bits per heavy atom. The molecule has 0 amide bonds. The van der Waals surface area contributed by atoms with Crippen LogP contribution >= 0.6 is 0 Å². The highest BCUT2D eigenvalue weighted by molar-refractivity contribution is 5.83. The molecule has 3 aromatic rings. The molecule has 10 heteroatoms. The first-order chi connectivity index (χ1) is 16.1. The Balaban J connectivity index is 0.000000258. The van der Waals surface area contributed by atoms with Crippen LogP contribution in [0.1, 0.15) is 45.7 Å². The second-order valence-corrected chi connectivity index (χ2v) is 8.34. The van der Waals surface area contributed by atoms with Gasteiger partial charge in [-0.1, -0.05) is 6.92 Å². The highest BCUT2D eigenvalue weighted by atomic mass is 19.3. The standard InChI is InChI=1S/C15H16N6.C6H12FN.C3H6F2/c1-9(2)18-12-4-5-13(19-10(12)3)11-6-7-21-14(11)8-17-15(16)20-21;1-8-4-2-3-6(7)5-8;1-2-3(4)5/h4-8H,1-3H3,(H2,16,20);6H,2-5H2,1H3;3H,2H2,1H3. The van der Waals surface area contributed by atoms with Crippen molar-refractivity contribution in [3.05, 3.63) is 36.3 Å². The maximum Gasteiger partial charge on any atom is 0.238 e. The lowest BCUT2D eigenvalue weighted by atomic mass is 10.1. The SMILES string of the molecule is CC(C)=Nc1ccc(-c2ccn3nc(N)ncc23)nc1C.CCC(F)F.CN1CCCC(F)C1. The highest BCUT2D eigenvalue weighted by Gasteiger charge is 2.14. The number of aromatic nitrogens is 4. The number of hydrogen-bond acceptors (Lipinski definition) is 6. The summed E-state index contributed by atoms with van der Waals surface area (Å²) in [5, 5.41) is 4.13. The molecule has 0 radical (unpaired) electrons. The lowest BCUT2D eigenvalue weighted by Crippen LogP contribution is -2.32. The summed E-state index contributed by atoms with van der Waals surface area (Å²) in [6.45, 7) is 9.05. The summed E-state index contributed by atoms with van der Waals surface area (Å²) in [6.07, 6.45) is 2.64. The molecular formula is C24H34F3N7. The zero-order chi connectivity index (χ0) is 25.3. The van der Waals surface area contributed by atoms with Crippen LogP contribution in [0.4, 0.5) is 24.8 Å². The van der Waals surface area contributed by atoms with Crippen LogP contribution < -0.4 is 5.73 Å². The van der Waals surface area contributed by atoms with Crippen LogP contribution in [0, 0.1) is 6.92 Å². The van der Waals surface area contributed by atoms with Crippen molar-refractivity contribution in [3.8, 4) is 11.3 Å². The first-order valence-electron chi connectivity index (χ1n) is 11.3. The summed E-state index contributed by atoms with van der Waals surface area (Å²) in [6, 6.07) is 5.89. The van der Waals surface area contributed by atoms with E-state index in [1.807, 2.05) is 57.1 Å². The van der Waals surface area contributed by atoms with Gasteiger partial charge in [0.25, 0.3) is 0 Å². The lowest BCUT2D eigenvalue weighted by Gasteiger charge is -2.24. The number of nitrogens with zero attached hydrogens (tertiary/aromatic N) is 6. The van der Waals surface area contributed by atoms with Gasteiger partial charge in [0.15, 0.2) is 0 Å². The van der Waals surface area contributed by atoms with E-state index in [4.69, 9.17) is 5.73 Å². The number of anilines is 1. The molecule has 7 nitrogen and oxygen atoms in total. The van der Waals surface area contributed by atoms with Gasteiger partial charge in [0.05, 0.1) is 28.8 Å². The van der Waals surface area contributed by atoms with Crippen LogP contribution in [0.15, 0.2) is 35.6 Å². The van der Waals surface area contributed by atoms with E-state index in [9.17, 15) is 13.2 Å². The largest absolute Gasteiger partial charge is 0.367 e. The van der Waals surface area contributed by atoms with E-state index in [-0.39, 0.29) is 12.4 Å². The summed E-state index contributed by atoms with van der Waals surface area (Å²) < 4.78 is 35.6. The fourth-order valence-electron chi connectivity index (χ4n) is 3.30. The fraction of sp³-hybridized carbons (Fsp3) is 0.500. The van der Waals surface area contributed by atoms with Gasteiger partial charge in [0, 0.05) is 30.4 Å². The molecule has 1 aliphatic rings. The quantitative estimate of drug-likeness (QED) is 0.503. The zero-order valence-corrected chi connectivity index (χ0v) is 20.5. The van der Waals surface area contributed by atoms with Crippen molar-refractivity contribution >= 4 is 22.9 Å². The van der Waals surface area contributed by atoms with Gasteiger partial charge in [-0.25, -0.2) is 22.7 Å². The maximum absolute atomic E-state index is 12.4. The van der Waals surface area contributed by atoms with Crippen LogP contribution in [0.5, 0.6) is 0 Å². The molecule has 3 aromatic heterocycles. The van der Waals surface area contributed by atoms with Gasteiger partial charge in [-0.3, -0.25) is 9.98 Å². The summed E-state index contributed by atoms with van der Waals surface area (Å²) in [4.78, 5) is 15.2. The van der Waals surface area contributed by atoms with Crippen molar-refractivity contribution in [3.63, 3.8) is 0 Å². The van der Waals surface area contributed by atoms with Crippen LogP contribution in [0.3, 0.4) is 0 Å². The van der Waals surface area contributed by atoms with E-state index < -0.39 is 12.6 Å². The Kier molecular flexibility index (Phi) is 10.4. The third-order valence-corrected chi connectivity index (χ3v) is 4.99. The van der Waals surface area contributed by atoms with Gasteiger partial charge in [-0.15, -0.1) is 5.10 Å². The van der Waals surface area contributed by atoms with E-state index >= 15 is 0 Å². The zero-order valence-electron chi connectivity index (χ0n) is 20.5.